The van der Waals surface area contributed by atoms with Gasteiger partial charge < -0.3 is 5.32 Å². The molecule has 23 heavy (non-hydrogen) atoms. The molecule has 0 bridgehead atoms. The summed E-state index contributed by atoms with van der Waals surface area (Å²) >= 11 is 1.36. The summed E-state index contributed by atoms with van der Waals surface area (Å²) in [6.07, 6.45) is 1.52. The molecule has 0 saturated carbocycles. The lowest BCUT2D eigenvalue weighted by molar-refractivity contribution is -0.120. The van der Waals surface area contributed by atoms with Crippen LogP contribution in [0.4, 0.5) is 9.52 Å². The SMILES string of the molecule is O=C(Cc1csc(N2CCCC2=O)n1)NCc1ccccc1F. The van der Waals surface area contributed by atoms with Gasteiger partial charge in [-0.05, 0) is 12.5 Å². The second-order valence-corrected chi connectivity index (χ2v) is 6.15. The summed E-state index contributed by atoms with van der Waals surface area (Å²) in [5.74, 6) is -0.482. The highest BCUT2D eigenvalue weighted by Crippen LogP contribution is 2.25. The highest BCUT2D eigenvalue weighted by Gasteiger charge is 2.24. The fourth-order valence-corrected chi connectivity index (χ4v) is 3.28. The lowest BCUT2D eigenvalue weighted by atomic mass is 10.2. The number of aromatic nitrogens is 1. The Kier molecular flexibility index (Phi) is 4.66. The molecular weight excluding hydrogens is 317 g/mol. The minimum Gasteiger partial charge on any atom is -0.352 e. The summed E-state index contributed by atoms with van der Waals surface area (Å²) < 4.78 is 13.5. The minimum absolute atomic E-state index is 0.0786. The van der Waals surface area contributed by atoms with E-state index in [4.69, 9.17) is 0 Å². The molecule has 1 saturated heterocycles. The van der Waals surface area contributed by atoms with Gasteiger partial charge in [-0.1, -0.05) is 18.2 Å². The Labute approximate surface area is 137 Å². The number of nitrogens with zero attached hydrogens (tertiary/aromatic N) is 2. The first-order chi connectivity index (χ1) is 11.1. The average molecular weight is 333 g/mol. The van der Waals surface area contributed by atoms with Gasteiger partial charge in [0, 0.05) is 30.5 Å². The van der Waals surface area contributed by atoms with Crippen LogP contribution in [0.3, 0.4) is 0 Å². The van der Waals surface area contributed by atoms with Crippen molar-refractivity contribution in [3.63, 3.8) is 0 Å². The van der Waals surface area contributed by atoms with Crippen LogP contribution in [0.1, 0.15) is 24.1 Å². The molecule has 2 aromatic rings. The second-order valence-electron chi connectivity index (χ2n) is 5.32. The van der Waals surface area contributed by atoms with Crippen LogP contribution in [-0.4, -0.2) is 23.3 Å². The Morgan fingerprint density at radius 1 is 1.39 bits per heavy atom. The van der Waals surface area contributed by atoms with Gasteiger partial charge in [-0.25, -0.2) is 9.37 Å². The fraction of sp³-hybridized carbons (Fsp3) is 0.312. The van der Waals surface area contributed by atoms with Gasteiger partial charge in [-0.15, -0.1) is 11.3 Å². The lowest BCUT2D eigenvalue weighted by Gasteiger charge is -2.10. The maximum atomic E-state index is 13.5. The zero-order valence-electron chi connectivity index (χ0n) is 12.4. The van der Waals surface area contributed by atoms with Crippen LogP contribution in [0.25, 0.3) is 0 Å². The summed E-state index contributed by atoms with van der Waals surface area (Å²) in [5, 5.41) is 5.11. The number of thiazole rings is 1. The van der Waals surface area contributed by atoms with E-state index in [1.165, 1.54) is 17.4 Å². The highest BCUT2D eigenvalue weighted by atomic mass is 32.1. The van der Waals surface area contributed by atoms with Crippen molar-refractivity contribution in [1.29, 1.82) is 0 Å². The number of anilines is 1. The van der Waals surface area contributed by atoms with Gasteiger partial charge >= 0.3 is 0 Å². The Morgan fingerprint density at radius 3 is 2.96 bits per heavy atom. The summed E-state index contributed by atoms with van der Waals surface area (Å²) in [6, 6.07) is 6.33. The number of halogens is 1. The maximum absolute atomic E-state index is 13.5. The molecule has 1 aromatic carbocycles. The molecule has 1 fully saturated rings. The predicted molar refractivity (Wildman–Crippen MR) is 85.7 cm³/mol. The summed E-state index contributed by atoms with van der Waals surface area (Å²) in [5.41, 5.74) is 1.07. The van der Waals surface area contributed by atoms with Crippen molar-refractivity contribution in [1.82, 2.24) is 10.3 Å². The molecule has 2 heterocycles. The number of carbonyl (C=O) groups excluding carboxylic acids is 2. The first-order valence-electron chi connectivity index (χ1n) is 7.38. The molecule has 5 nitrogen and oxygen atoms in total. The van der Waals surface area contributed by atoms with E-state index in [0.717, 1.165) is 6.42 Å². The quantitative estimate of drug-likeness (QED) is 0.913. The van der Waals surface area contributed by atoms with Crippen LogP contribution in [0, 0.1) is 5.82 Å². The number of amides is 2. The third-order valence-corrected chi connectivity index (χ3v) is 4.53. The average Bonchev–Trinajstić information content (AvgIpc) is 3.15. The van der Waals surface area contributed by atoms with Gasteiger partial charge in [-0.2, -0.15) is 0 Å². The largest absolute Gasteiger partial charge is 0.352 e. The molecule has 0 aliphatic carbocycles. The van der Waals surface area contributed by atoms with E-state index in [2.05, 4.69) is 10.3 Å². The van der Waals surface area contributed by atoms with Gasteiger partial charge in [0.2, 0.25) is 11.8 Å². The molecule has 0 radical (unpaired) electrons. The first-order valence-corrected chi connectivity index (χ1v) is 8.26. The predicted octanol–water partition coefficient (Wildman–Crippen LogP) is 2.27. The molecule has 1 aromatic heterocycles. The zero-order valence-corrected chi connectivity index (χ0v) is 13.2. The fourth-order valence-electron chi connectivity index (χ4n) is 2.41. The lowest BCUT2D eigenvalue weighted by Crippen LogP contribution is -2.25. The van der Waals surface area contributed by atoms with E-state index >= 15 is 0 Å². The Morgan fingerprint density at radius 2 is 2.22 bits per heavy atom. The number of carbonyl (C=O) groups is 2. The van der Waals surface area contributed by atoms with E-state index in [9.17, 15) is 14.0 Å². The van der Waals surface area contributed by atoms with E-state index in [1.807, 2.05) is 0 Å². The van der Waals surface area contributed by atoms with Crippen molar-refractivity contribution in [2.24, 2.45) is 0 Å². The molecular formula is C16H16FN3O2S. The number of benzene rings is 1. The third kappa shape index (κ3) is 3.73. The molecule has 0 unspecified atom stereocenters. The monoisotopic (exact) mass is 333 g/mol. The molecule has 0 spiro atoms. The Bertz CT molecular complexity index is 732. The van der Waals surface area contributed by atoms with Crippen molar-refractivity contribution < 1.29 is 14.0 Å². The van der Waals surface area contributed by atoms with Crippen LogP contribution >= 0.6 is 11.3 Å². The highest BCUT2D eigenvalue weighted by molar-refractivity contribution is 7.14. The number of nitrogens with one attached hydrogen (secondary N) is 1. The number of hydrogen-bond acceptors (Lipinski definition) is 4. The van der Waals surface area contributed by atoms with Crippen molar-refractivity contribution in [3.8, 4) is 0 Å². The van der Waals surface area contributed by atoms with E-state index in [-0.39, 0.29) is 30.6 Å². The number of rotatable bonds is 5. The van der Waals surface area contributed by atoms with E-state index in [1.54, 1.807) is 28.5 Å². The molecule has 1 aliphatic heterocycles. The van der Waals surface area contributed by atoms with Gasteiger partial charge in [-0.3, -0.25) is 14.5 Å². The van der Waals surface area contributed by atoms with Gasteiger partial charge in [0.05, 0.1) is 12.1 Å². The van der Waals surface area contributed by atoms with Gasteiger partial charge in [0.1, 0.15) is 5.82 Å². The molecule has 1 aliphatic rings. The molecule has 1 N–H and O–H groups in total. The van der Waals surface area contributed by atoms with Crippen molar-refractivity contribution >= 4 is 28.3 Å². The summed E-state index contributed by atoms with van der Waals surface area (Å²) in [6.45, 7) is 0.832. The molecule has 7 heteroatoms. The molecule has 0 atom stereocenters. The third-order valence-electron chi connectivity index (χ3n) is 3.62. The number of hydrogen-bond donors (Lipinski definition) is 1. The van der Waals surface area contributed by atoms with E-state index < -0.39 is 0 Å². The first kappa shape index (κ1) is 15.6. The second kappa shape index (κ2) is 6.87. The van der Waals surface area contributed by atoms with Crippen LogP contribution in [0.15, 0.2) is 29.6 Å². The smallest absolute Gasteiger partial charge is 0.228 e. The Hall–Kier alpha value is -2.28. The minimum atomic E-state index is -0.337. The van der Waals surface area contributed by atoms with Crippen LogP contribution in [0.5, 0.6) is 0 Å². The molecule has 120 valence electrons. The standard InChI is InChI=1S/C16H16FN3O2S/c17-13-5-2-1-4-11(13)9-18-14(21)8-12-10-23-16(19-12)20-7-3-6-15(20)22/h1-2,4-5,10H,3,6-9H2,(H,18,21). The summed E-state index contributed by atoms with van der Waals surface area (Å²) in [4.78, 5) is 29.6. The van der Waals surface area contributed by atoms with Crippen molar-refractivity contribution in [3.05, 3.63) is 46.7 Å². The van der Waals surface area contributed by atoms with Crippen molar-refractivity contribution in [2.75, 3.05) is 11.4 Å². The van der Waals surface area contributed by atoms with E-state index in [0.29, 0.717) is 29.4 Å². The van der Waals surface area contributed by atoms with Crippen LogP contribution in [-0.2, 0) is 22.6 Å². The molecule has 3 rings (SSSR count). The van der Waals surface area contributed by atoms with Gasteiger partial charge in [0.25, 0.3) is 0 Å². The Balaban J connectivity index is 1.55. The van der Waals surface area contributed by atoms with Crippen LogP contribution < -0.4 is 10.2 Å². The van der Waals surface area contributed by atoms with Crippen molar-refractivity contribution in [2.45, 2.75) is 25.8 Å². The maximum Gasteiger partial charge on any atom is 0.228 e. The topological polar surface area (TPSA) is 62.3 Å². The normalized spacial score (nSPS) is 14.3. The van der Waals surface area contributed by atoms with Crippen LogP contribution in [0.2, 0.25) is 0 Å². The zero-order chi connectivity index (χ0) is 16.2. The molecule has 2 amide bonds. The van der Waals surface area contributed by atoms with Gasteiger partial charge in [0.15, 0.2) is 5.13 Å². The summed E-state index contributed by atoms with van der Waals surface area (Å²) in [7, 11) is 0.